The Kier molecular flexibility index (Phi) is 4.23. The van der Waals surface area contributed by atoms with Crippen molar-refractivity contribution in [3.8, 4) is 0 Å². The molecule has 0 aliphatic heterocycles. The highest BCUT2D eigenvalue weighted by molar-refractivity contribution is 5.14. The van der Waals surface area contributed by atoms with Crippen LogP contribution in [-0.4, -0.2) is 25.5 Å². The van der Waals surface area contributed by atoms with Gasteiger partial charge >= 0.3 is 0 Å². The standard InChI is InChI=1S/C12H21N/c1-4-11-6-5-7-12(9-8-11)10-13(2)3/h5-6,9,11H,4,7-8,10H2,1-3H3. The molecule has 1 atom stereocenters. The molecule has 0 aromatic heterocycles. The molecule has 0 saturated heterocycles. The highest BCUT2D eigenvalue weighted by atomic mass is 15.0. The lowest BCUT2D eigenvalue weighted by molar-refractivity contribution is 0.441. The maximum Gasteiger partial charge on any atom is 0.0189 e. The molecule has 0 bridgehead atoms. The zero-order valence-corrected chi connectivity index (χ0v) is 9.09. The summed E-state index contributed by atoms with van der Waals surface area (Å²) in [6.45, 7) is 3.38. The number of nitrogens with zero attached hydrogens (tertiary/aromatic N) is 1. The average molecular weight is 179 g/mol. The molecule has 13 heavy (non-hydrogen) atoms. The normalized spacial score (nSPS) is 23.1. The van der Waals surface area contributed by atoms with E-state index in [1.807, 2.05) is 0 Å². The SMILES string of the molecule is CCC1C=CCC(CN(C)C)=CC1. The van der Waals surface area contributed by atoms with Gasteiger partial charge in [-0.15, -0.1) is 0 Å². The largest absolute Gasteiger partial charge is 0.305 e. The maximum atomic E-state index is 2.42. The molecule has 1 aliphatic carbocycles. The minimum atomic E-state index is 0.777. The molecule has 0 heterocycles. The van der Waals surface area contributed by atoms with Gasteiger partial charge in [0.1, 0.15) is 0 Å². The van der Waals surface area contributed by atoms with E-state index in [1.165, 1.54) is 12.8 Å². The summed E-state index contributed by atoms with van der Waals surface area (Å²) in [6, 6.07) is 0. The van der Waals surface area contributed by atoms with E-state index < -0.39 is 0 Å². The van der Waals surface area contributed by atoms with Crippen LogP contribution in [-0.2, 0) is 0 Å². The quantitative estimate of drug-likeness (QED) is 0.602. The molecule has 0 amide bonds. The van der Waals surface area contributed by atoms with Gasteiger partial charge in [-0.25, -0.2) is 0 Å². The number of allylic oxidation sites excluding steroid dienone is 3. The van der Waals surface area contributed by atoms with Crippen molar-refractivity contribution >= 4 is 0 Å². The summed E-state index contributed by atoms with van der Waals surface area (Å²) in [4.78, 5) is 2.24. The Morgan fingerprint density at radius 3 is 2.85 bits per heavy atom. The second kappa shape index (κ2) is 5.23. The molecule has 1 nitrogen and oxygen atoms in total. The molecule has 0 N–H and O–H groups in total. The van der Waals surface area contributed by atoms with Gasteiger partial charge in [-0.1, -0.05) is 30.7 Å². The van der Waals surface area contributed by atoms with Crippen molar-refractivity contribution < 1.29 is 0 Å². The van der Waals surface area contributed by atoms with E-state index in [0.29, 0.717) is 0 Å². The minimum Gasteiger partial charge on any atom is -0.305 e. The van der Waals surface area contributed by atoms with E-state index in [2.05, 4.69) is 44.1 Å². The van der Waals surface area contributed by atoms with Crippen molar-refractivity contribution in [1.29, 1.82) is 0 Å². The molecule has 1 unspecified atom stereocenters. The highest BCUT2D eigenvalue weighted by Gasteiger charge is 2.05. The first kappa shape index (κ1) is 10.5. The Balaban J connectivity index is 2.49. The van der Waals surface area contributed by atoms with Gasteiger partial charge in [0.25, 0.3) is 0 Å². The van der Waals surface area contributed by atoms with Gasteiger partial charge in [0.2, 0.25) is 0 Å². The van der Waals surface area contributed by atoms with Crippen molar-refractivity contribution in [2.24, 2.45) is 5.92 Å². The van der Waals surface area contributed by atoms with Crippen LogP contribution in [0.5, 0.6) is 0 Å². The zero-order chi connectivity index (χ0) is 9.68. The van der Waals surface area contributed by atoms with E-state index in [-0.39, 0.29) is 0 Å². The lowest BCUT2D eigenvalue weighted by atomic mass is 10.0. The Morgan fingerprint density at radius 1 is 1.46 bits per heavy atom. The number of hydrogen-bond donors (Lipinski definition) is 0. The van der Waals surface area contributed by atoms with E-state index in [0.717, 1.165) is 18.9 Å². The van der Waals surface area contributed by atoms with Crippen LogP contribution in [0.15, 0.2) is 23.8 Å². The maximum absolute atomic E-state index is 2.42. The van der Waals surface area contributed by atoms with Crippen LogP contribution in [0.1, 0.15) is 26.2 Å². The zero-order valence-electron chi connectivity index (χ0n) is 9.09. The predicted octanol–water partition coefficient (Wildman–Crippen LogP) is 2.85. The molecule has 74 valence electrons. The average Bonchev–Trinajstić information content (AvgIpc) is 2.29. The van der Waals surface area contributed by atoms with Crippen LogP contribution in [0.4, 0.5) is 0 Å². The van der Waals surface area contributed by atoms with E-state index in [9.17, 15) is 0 Å². The van der Waals surface area contributed by atoms with Crippen LogP contribution in [0.3, 0.4) is 0 Å². The van der Waals surface area contributed by atoms with Crippen molar-refractivity contribution in [1.82, 2.24) is 4.90 Å². The lowest BCUT2D eigenvalue weighted by Gasteiger charge is -2.11. The fourth-order valence-electron chi connectivity index (χ4n) is 1.73. The first-order valence-corrected chi connectivity index (χ1v) is 5.21. The van der Waals surface area contributed by atoms with Crippen LogP contribution in [0.25, 0.3) is 0 Å². The fourth-order valence-corrected chi connectivity index (χ4v) is 1.73. The van der Waals surface area contributed by atoms with E-state index in [4.69, 9.17) is 0 Å². The van der Waals surface area contributed by atoms with Crippen molar-refractivity contribution in [3.63, 3.8) is 0 Å². The summed E-state index contributed by atoms with van der Waals surface area (Å²) < 4.78 is 0. The fraction of sp³-hybridized carbons (Fsp3) is 0.667. The molecule has 1 aliphatic rings. The van der Waals surface area contributed by atoms with E-state index >= 15 is 0 Å². The summed E-state index contributed by atoms with van der Waals surface area (Å²) in [5.74, 6) is 0.777. The summed E-state index contributed by atoms with van der Waals surface area (Å²) in [5.41, 5.74) is 1.57. The van der Waals surface area contributed by atoms with Gasteiger partial charge in [0.15, 0.2) is 0 Å². The van der Waals surface area contributed by atoms with Crippen LogP contribution in [0.2, 0.25) is 0 Å². The second-order valence-corrected chi connectivity index (χ2v) is 4.14. The Labute approximate surface area is 82.1 Å². The molecule has 0 spiro atoms. The van der Waals surface area contributed by atoms with Gasteiger partial charge < -0.3 is 4.90 Å². The molecule has 0 fully saturated rings. The monoisotopic (exact) mass is 179 g/mol. The first-order valence-electron chi connectivity index (χ1n) is 5.21. The molecule has 0 aromatic carbocycles. The van der Waals surface area contributed by atoms with Crippen molar-refractivity contribution in [2.45, 2.75) is 26.2 Å². The molecular weight excluding hydrogens is 158 g/mol. The third-order valence-corrected chi connectivity index (χ3v) is 2.54. The van der Waals surface area contributed by atoms with Gasteiger partial charge in [0.05, 0.1) is 0 Å². The third-order valence-electron chi connectivity index (χ3n) is 2.54. The molecular formula is C12H21N. The van der Waals surface area contributed by atoms with Crippen molar-refractivity contribution in [3.05, 3.63) is 23.8 Å². The number of rotatable bonds is 3. The third kappa shape index (κ3) is 3.77. The smallest absolute Gasteiger partial charge is 0.0189 e. The first-order chi connectivity index (χ1) is 6.22. The lowest BCUT2D eigenvalue weighted by Crippen LogP contribution is -2.14. The molecule has 1 heteroatoms. The summed E-state index contributed by atoms with van der Waals surface area (Å²) in [5, 5.41) is 0. The summed E-state index contributed by atoms with van der Waals surface area (Å²) in [7, 11) is 4.26. The van der Waals surface area contributed by atoms with Gasteiger partial charge in [-0.05, 0) is 39.3 Å². The second-order valence-electron chi connectivity index (χ2n) is 4.14. The van der Waals surface area contributed by atoms with Gasteiger partial charge in [0, 0.05) is 6.54 Å². The van der Waals surface area contributed by atoms with E-state index in [1.54, 1.807) is 5.57 Å². The summed E-state index contributed by atoms with van der Waals surface area (Å²) in [6.07, 6.45) is 10.8. The van der Waals surface area contributed by atoms with Gasteiger partial charge in [-0.2, -0.15) is 0 Å². The number of likely N-dealkylation sites (N-methyl/N-ethyl adjacent to an activating group) is 1. The number of hydrogen-bond acceptors (Lipinski definition) is 1. The highest BCUT2D eigenvalue weighted by Crippen LogP contribution is 2.18. The predicted molar refractivity (Wildman–Crippen MR) is 58.8 cm³/mol. The Bertz CT molecular complexity index is 201. The summed E-state index contributed by atoms with van der Waals surface area (Å²) >= 11 is 0. The van der Waals surface area contributed by atoms with Crippen molar-refractivity contribution in [2.75, 3.05) is 20.6 Å². The molecule has 0 saturated carbocycles. The Morgan fingerprint density at radius 2 is 2.23 bits per heavy atom. The van der Waals surface area contributed by atoms with Crippen LogP contribution < -0.4 is 0 Å². The Hall–Kier alpha value is -0.560. The molecule has 0 aromatic rings. The topological polar surface area (TPSA) is 3.24 Å². The molecule has 1 rings (SSSR count). The van der Waals surface area contributed by atoms with Crippen LogP contribution in [0, 0.1) is 5.92 Å². The van der Waals surface area contributed by atoms with Crippen LogP contribution >= 0.6 is 0 Å². The minimum absolute atomic E-state index is 0.777. The van der Waals surface area contributed by atoms with Gasteiger partial charge in [-0.3, -0.25) is 0 Å². The molecule has 0 radical (unpaired) electrons.